The molecule has 0 spiro atoms. The van der Waals surface area contributed by atoms with Crippen molar-refractivity contribution < 1.29 is 4.79 Å². The van der Waals surface area contributed by atoms with Crippen LogP contribution in [0.2, 0.25) is 15.1 Å². The predicted molar refractivity (Wildman–Crippen MR) is 101 cm³/mol. The number of hydrogen-bond acceptors (Lipinski definition) is 4. The van der Waals surface area contributed by atoms with Crippen molar-refractivity contribution in [2.45, 2.75) is 0 Å². The maximum absolute atomic E-state index is 12.4. The summed E-state index contributed by atoms with van der Waals surface area (Å²) in [5.74, 6) is -0.307. The van der Waals surface area contributed by atoms with E-state index < -0.39 is 0 Å². The van der Waals surface area contributed by atoms with E-state index in [1.54, 1.807) is 24.4 Å². The number of nitrogens with zero attached hydrogens (tertiary/aromatic N) is 1. The Morgan fingerprint density at radius 3 is 2.58 bits per heavy atom. The second kappa shape index (κ2) is 7.40. The maximum Gasteiger partial charge on any atom is 0.255 e. The number of halogens is 3. The fourth-order valence-corrected chi connectivity index (χ4v) is 3.10. The van der Waals surface area contributed by atoms with Crippen LogP contribution in [-0.4, -0.2) is 10.9 Å². The molecule has 24 heavy (non-hydrogen) atoms. The third-order valence-corrected chi connectivity index (χ3v) is 4.79. The molecule has 0 aliphatic rings. The van der Waals surface area contributed by atoms with Crippen LogP contribution < -0.4 is 10.6 Å². The summed E-state index contributed by atoms with van der Waals surface area (Å²) in [5.41, 5.74) is 1.63. The van der Waals surface area contributed by atoms with Crippen molar-refractivity contribution in [1.82, 2.24) is 4.98 Å². The van der Waals surface area contributed by atoms with Crippen LogP contribution >= 0.6 is 46.1 Å². The van der Waals surface area contributed by atoms with Crippen molar-refractivity contribution in [3.8, 4) is 0 Å². The minimum absolute atomic E-state index is 0.307. The van der Waals surface area contributed by atoms with Gasteiger partial charge < -0.3 is 10.6 Å². The maximum atomic E-state index is 12.4. The molecule has 0 atom stereocenters. The number of aromatic nitrogens is 1. The fraction of sp³-hybridized carbons (Fsp3) is 0. The highest BCUT2D eigenvalue weighted by atomic mass is 35.5. The number of thiazole rings is 1. The molecule has 1 amide bonds. The van der Waals surface area contributed by atoms with Crippen molar-refractivity contribution in [2.75, 3.05) is 10.6 Å². The molecule has 3 rings (SSSR count). The van der Waals surface area contributed by atoms with Gasteiger partial charge in [0.2, 0.25) is 0 Å². The molecule has 2 aromatic carbocycles. The average Bonchev–Trinajstić information content (AvgIpc) is 3.06. The van der Waals surface area contributed by atoms with Gasteiger partial charge in [0.15, 0.2) is 5.13 Å². The number of rotatable bonds is 4. The second-order valence-electron chi connectivity index (χ2n) is 4.74. The molecule has 2 N–H and O–H groups in total. The van der Waals surface area contributed by atoms with Crippen molar-refractivity contribution in [3.05, 3.63) is 68.6 Å². The Morgan fingerprint density at radius 2 is 1.83 bits per heavy atom. The number of carbonyl (C=O) groups excluding carboxylic acids is 1. The van der Waals surface area contributed by atoms with Crippen molar-refractivity contribution in [1.29, 1.82) is 0 Å². The third kappa shape index (κ3) is 3.99. The van der Waals surface area contributed by atoms with E-state index in [1.807, 2.05) is 11.4 Å². The molecule has 1 aromatic heterocycles. The van der Waals surface area contributed by atoms with Crippen LogP contribution in [0, 0.1) is 0 Å². The summed E-state index contributed by atoms with van der Waals surface area (Å²) in [7, 11) is 0. The van der Waals surface area contributed by atoms with Gasteiger partial charge in [-0.3, -0.25) is 4.79 Å². The van der Waals surface area contributed by atoms with Gasteiger partial charge in [0, 0.05) is 22.8 Å². The largest absolute Gasteiger partial charge is 0.332 e. The first kappa shape index (κ1) is 17.0. The SMILES string of the molecule is O=C(Nc1cc(Cl)c(Cl)cc1Cl)c1cccc(Nc2nccs2)c1. The minimum atomic E-state index is -0.307. The number of anilines is 3. The summed E-state index contributed by atoms with van der Waals surface area (Å²) in [6, 6.07) is 10.1. The van der Waals surface area contributed by atoms with E-state index in [-0.39, 0.29) is 5.91 Å². The molecule has 0 saturated carbocycles. The first-order valence-corrected chi connectivity index (χ1v) is 8.77. The Bertz CT molecular complexity index is 884. The summed E-state index contributed by atoms with van der Waals surface area (Å²) in [6.07, 6.45) is 1.70. The standard InChI is InChI=1S/C16H10Cl3N3OS/c17-11-7-13(19)14(8-12(11)18)22-15(23)9-2-1-3-10(6-9)21-16-20-4-5-24-16/h1-8H,(H,20,21)(H,22,23). The Morgan fingerprint density at radius 1 is 1.04 bits per heavy atom. The van der Waals surface area contributed by atoms with E-state index in [9.17, 15) is 4.79 Å². The molecule has 0 aliphatic heterocycles. The summed E-state index contributed by atoms with van der Waals surface area (Å²) in [6.45, 7) is 0. The lowest BCUT2D eigenvalue weighted by molar-refractivity contribution is 0.102. The van der Waals surface area contributed by atoms with Crippen LogP contribution in [0.3, 0.4) is 0 Å². The number of benzene rings is 2. The minimum Gasteiger partial charge on any atom is -0.332 e. The summed E-state index contributed by atoms with van der Waals surface area (Å²) < 4.78 is 0. The van der Waals surface area contributed by atoms with E-state index >= 15 is 0 Å². The van der Waals surface area contributed by atoms with Gasteiger partial charge in [-0.1, -0.05) is 40.9 Å². The van der Waals surface area contributed by atoms with E-state index in [2.05, 4.69) is 15.6 Å². The lowest BCUT2D eigenvalue weighted by Crippen LogP contribution is -2.12. The van der Waals surface area contributed by atoms with E-state index in [0.717, 1.165) is 10.8 Å². The van der Waals surface area contributed by atoms with Crippen LogP contribution in [0.25, 0.3) is 0 Å². The van der Waals surface area contributed by atoms with Gasteiger partial charge in [-0.25, -0.2) is 4.98 Å². The Labute approximate surface area is 157 Å². The lowest BCUT2D eigenvalue weighted by atomic mass is 10.2. The molecule has 0 bridgehead atoms. The highest BCUT2D eigenvalue weighted by molar-refractivity contribution is 7.13. The number of amides is 1. The Balaban J connectivity index is 1.79. The molecule has 0 fully saturated rings. The van der Waals surface area contributed by atoms with Gasteiger partial charge in [-0.15, -0.1) is 11.3 Å². The number of hydrogen-bond donors (Lipinski definition) is 2. The van der Waals surface area contributed by atoms with Crippen LogP contribution in [0.4, 0.5) is 16.5 Å². The van der Waals surface area contributed by atoms with E-state index in [0.29, 0.717) is 26.3 Å². The van der Waals surface area contributed by atoms with Crippen molar-refractivity contribution in [3.63, 3.8) is 0 Å². The van der Waals surface area contributed by atoms with E-state index in [4.69, 9.17) is 34.8 Å². The summed E-state index contributed by atoms with van der Waals surface area (Å²) in [5, 5.41) is 9.43. The number of nitrogens with one attached hydrogen (secondary N) is 2. The Hall–Kier alpha value is -1.79. The van der Waals surface area contributed by atoms with Gasteiger partial charge in [0.1, 0.15) is 0 Å². The van der Waals surface area contributed by atoms with Gasteiger partial charge in [-0.05, 0) is 30.3 Å². The second-order valence-corrected chi connectivity index (χ2v) is 6.86. The highest BCUT2D eigenvalue weighted by Gasteiger charge is 2.12. The predicted octanol–water partition coefficient (Wildman–Crippen LogP) is 6.10. The van der Waals surface area contributed by atoms with Gasteiger partial charge in [0.25, 0.3) is 5.91 Å². The molecule has 0 saturated heterocycles. The molecule has 0 unspecified atom stereocenters. The van der Waals surface area contributed by atoms with Crippen LogP contribution in [0.5, 0.6) is 0 Å². The van der Waals surface area contributed by atoms with Gasteiger partial charge in [-0.2, -0.15) is 0 Å². The molecule has 8 heteroatoms. The molecule has 0 aliphatic carbocycles. The highest BCUT2D eigenvalue weighted by Crippen LogP contribution is 2.32. The smallest absolute Gasteiger partial charge is 0.255 e. The fourth-order valence-electron chi connectivity index (χ4n) is 1.96. The third-order valence-electron chi connectivity index (χ3n) is 3.07. The topological polar surface area (TPSA) is 54.0 Å². The van der Waals surface area contributed by atoms with Crippen molar-refractivity contribution >= 4 is 68.6 Å². The van der Waals surface area contributed by atoms with Crippen LogP contribution in [0.1, 0.15) is 10.4 Å². The first-order valence-electron chi connectivity index (χ1n) is 6.75. The van der Waals surface area contributed by atoms with Crippen molar-refractivity contribution in [2.24, 2.45) is 0 Å². The van der Waals surface area contributed by atoms with Crippen LogP contribution in [0.15, 0.2) is 48.0 Å². The number of carbonyl (C=O) groups is 1. The summed E-state index contributed by atoms with van der Waals surface area (Å²) >= 11 is 19.4. The zero-order valence-corrected chi connectivity index (χ0v) is 15.1. The molecule has 1 heterocycles. The van der Waals surface area contributed by atoms with Gasteiger partial charge >= 0.3 is 0 Å². The molecule has 0 radical (unpaired) electrons. The zero-order chi connectivity index (χ0) is 17.1. The lowest BCUT2D eigenvalue weighted by Gasteiger charge is -2.10. The molecule has 122 valence electrons. The van der Waals surface area contributed by atoms with E-state index in [1.165, 1.54) is 23.5 Å². The average molecular weight is 399 g/mol. The normalized spacial score (nSPS) is 10.5. The van der Waals surface area contributed by atoms with Gasteiger partial charge in [0.05, 0.1) is 20.8 Å². The monoisotopic (exact) mass is 397 g/mol. The molecule has 4 nitrogen and oxygen atoms in total. The quantitative estimate of drug-likeness (QED) is 0.522. The first-order chi connectivity index (χ1) is 11.5. The molecule has 3 aromatic rings. The van der Waals surface area contributed by atoms with Crippen LogP contribution in [-0.2, 0) is 0 Å². The zero-order valence-electron chi connectivity index (χ0n) is 12.0. The molecular weight excluding hydrogens is 389 g/mol. The Kier molecular flexibility index (Phi) is 5.26. The summed E-state index contributed by atoms with van der Waals surface area (Å²) in [4.78, 5) is 16.6. The molecular formula is C16H10Cl3N3OS.